The van der Waals surface area contributed by atoms with Gasteiger partial charge in [-0.3, -0.25) is 4.79 Å². The van der Waals surface area contributed by atoms with Gasteiger partial charge in [0, 0.05) is 0 Å². The standard InChI is InChI=1S/C13H11N5O3S2/c1-9-4-2-3-5-11(9)23(20,21)15-13(19)12-10(6-7-22-12)18-8-14-16-17-18/h2-8H,1H3,(H,15,19). The summed E-state index contributed by atoms with van der Waals surface area (Å²) < 4.78 is 28.1. The second-order valence-electron chi connectivity index (χ2n) is 4.59. The Labute approximate surface area is 135 Å². The van der Waals surface area contributed by atoms with E-state index in [9.17, 15) is 13.2 Å². The molecule has 3 aromatic rings. The molecule has 0 saturated heterocycles. The van der Waals surface area contributed by atoms with E-state index in [0.29, 0.717) is 11.3 Å². The van der Waals surface area contributed by atoms with Gasteiger partial charge < -0.3 is 0 Å². The van der Waals surface area contributed by atoms with Gasteiger partial charge in [0.05, 0.1) is 10.6 Å². The molecule has 1 amide bonds. The number of hydrogen-bond acceptors (Lipinski definition) is 7. The number of nitrogens with zero attached hydrogens (tertiary/aromatic N) is 4. The van der Waals surface area contributed by atoms with Crippen molar-refractivity contribution in [1.82, 2.24) is 24.9 Å². The first-order chi connectivity index (χ1) is 11.0. The normalized spacial score (nSPS) is 11.3. The third kappa shape index (κ3) is 2.98. The molecule has 0 aliphatic rings. The molecular weight excluding hydrogens is 338 g/mol. The zero-order valence-corrected chi connectivity index (χ0v) is 13.5. The van der Waals surface area contributed by atoms with E-state index in [0.717, 1.165) is 11.3 Å². The average Bonchev–Trinajstić information content (AvgIpc) is 3.18. The van der Waals surface area contributed by atoms with Gasteiger partial charge in [0.1, 0.15) is 11.2 Å². The number of benzene rings is 1. The van der Waals surface area contributed by atoms with Gasteiger partial charge in [0.25, 0.3) is 15.9 Å². The quantitative estimate of drug-likeness (QED) is 0.757. The third-order valence-electron chi connectivity index (χ3n) is 3.06. The molecule has 0 aliphatic heterocycles. The Balaban J connectivity index is 1.92. The Morgan fingerprint density at radius 3 is 2.74 bits per heavy atom. The summed E-state index contributed by atoms with van der Waals surface area (Å²) in [5, 5.41) is 12.4. The summed E-state index contributed by atoms with van der Waals surface area (Å²) in [5.74, 6) is -0.728. The molecular formula is C13H11N5O3S2. The van der Waals surface area contributed by atoms with Crippen molar-refractivity contribution < 1.29 is 13.2 Å². The summed E-state index contributed by atoms with van der Waals surface area (Å²) in [6.45, 7) is 1.66. The molecule has 0 bridgehead atoms. The minimum atomic E-state index is -3.96. The number of hydrogen-bond donors (Lipinski definition) is 1. The fraction of sp³-hybridized carbons (Fsp3) is 0.0769. The Kier molecular flexibility index (Phi) is 3.92. The first-order valence-electron chi connectivity index (χ1n) is 6.42. The highest BCUT2D eigenvalue weighted by atomic mass is 32.2. The molecule has 2 heterocycles. The number of tetrazole rings is 1. The zero-order valence-electron chi connectivity index (χ0n) is 11.9. The van der Waals surface area contributed by atoms with Crippen LogP contribution < -0.4 is 4.72 Å². The van der Waals surface area contributed by atoms with Crippen LogP contribution in [0, 0.1) is 6.92 Å². The van der Waals surface area contributed by atoms with Crippen molar-refractivity contribution in [2.24, 2.45) is 0 Å². The Hall–Kier alpha value is -2.59. The van der Waals surface area contributed by atoms with Crippen molar-refractivity contribution in [3.05, 3.63) is 52.5 Å². The van der Waals surface area contributed by atoms with Gasteiger partial charge in [-0.05, 0) is 40.4 Å². The number of aromatic nitrogens is 4. The van der Waals surface area contributed by atoms with Crippen LogP contribution in [0.5, 0.6) is 0 Å². The van der Waals surface area contributed by atoms with Gasteiger partial charge in [0.2, 0.25) is 0 Å². The van der Waals surface area contributed by atoms with Crippen molar-refractivity contribution in [3.63, 3.8) is 0 Å². The lowest BCUT2D eigenvalue weighted by Gasteiger charge is -2.09. The van der Waals surface area contributed by atoms with Crippen molar-refractivity contribution in [2.45, 2.75) is 11.8 Å². The molecule has 23 heavy (non-hydrogen) atoms. The molecule has 1 aromatic carbocycles. The predicted molar refractivity (Wildman–Crippen MR) is 82.9 cm³/mol. The second-order valence-corrected chi connectivity index (χ2v) is 7.16. The van der Waals surface area contributed by atoms with Gasteiger partial charge in [0.15, 0.2) is 0 Å². The molecule has 0 aliphatic carbocycles. The van der Waals surface area contributed by atoms with Crippen molar-refractivity contribution in [2.75, 3.05) is 0 Å². The number of carbonyl (C=O) groups excluding carboxylic acids is 1. The molecule has 8 nitrogen and oxygen atoms in total. The molecule has 10 heteroatoms. The highest BCUT2D eigenvalue weighted by Gasteiger charge is 2.23. The topological polar surface area (TPSA) is 107 Å². The van der Waals surface area contributed by atoms with Crippen LogP contribution >= 0.6 is 11.3 Å². The third-order valence-corrected chi connectivity index (χ3v) is 5.45. The molecule has 0 atom stereocenters. The fourth-order valence-corrected chi connectivity index (χ4v) is 4.05. The monoisotopic (exact) mass is 349 g/mol. The molecule has 0 spiro atoms. The first kappa shape index (κ1) is 15.3. The number of sulfonamides is 1. The van der Waals surface area contributed by atoms with Gasteiger partial charge in [-0.2, -0.15) is 4.68 Å². The van der Waals surface area contributed by atoms with Crippen molar-refractivity contribution >= 4 is 27.3 Å². The van der Waals surface area contributed by atoms with Crippen LogP contribution in [0.1, 0.15) is 15.2 Å². The zero-order chi connectivity index (χ0) is 16.4. The van der Waals surface area contributed by atoms with Crippen LogP contribution in [0.4, 0.5) is 0 Å². The number of carbonyl (C=O) groups is 1. The summed E-state index contributed by atoms with van der Waals surface area (Å²) >= 11 is 1.10. The highest BCUT2D eigenvalue weighted by Crippen LogP contribution is 2.21. The van der Waals surface area contributed by atoms with Crippen LogP contribution in [-0.4, -0.2) is 34.5 Å². The molecule has 118 valence electrons. The molecule has 1 N–H and O–H groups in total. The Morgan fingerprint density at radius 1 is 1.26 bits per heavy atom. The van der Waals surface area contributed by atoms with E-state index in [1.807, 2.05) is 0 Å². The fourth-order valence-electron chi connectivity index (χ4n) is 2.01. The second kappa shape index (κ2) is 5.89. The van der Waals surface area contributed by atoms with E-state index in [1.54, 1.807) is 36.6 Å². The van der Waals surface area contributed by atoms with E-state index in [-0.39, 0.29) is 9.77 Å². The van der Waals surface area contributed by atoms with Crippen LogP contribution in [-0.2, 0) is 10.0 Å². The number of amides is 1. The number of thiophene rings is 1. The van der Waals surface area contributed by atoms with E-state index in [4.69, 9.17) is 0 Å². The van der Waals surface area contributed by atoms with E-state index >= 15 is 0 Å². The van der Waals surface area contributed by atoms with Crippen LogP contribution in [0.25, 0.3) is 5.69 Å². The molecule has 2 aromatic heterocycles. The van der Waals surface area contributed by atoms with Crippen molar-refractivity contribution in [3.8, 4) is 5.69 Å². The molecule has 0 saturated carbocycles. The minimum Gasteiger partial charge on any atom is -0.267 e. The molecule has 0 fully saturated rings. The molecule has 0 unspecified atom stereocenters. The van der Waals surface area contributed by atoms with E-state index in [1.165, 1.54) is 17.1 Å². The number of aryl methyl sites for hydroxylation is 1. The summed E-state index contributed by atoms with van der Waals surface area (Å²) in [4.78, 5) is 12.6. The van der Waals surface area contributed by atoms with Crippen LogP contribution in [0.2, 0.25) is 0 Å². The van der Waals surface area contributed by atoms with Gasteiger partial charge >= 0.3 is 0 Å². The average molecular weight is 349 g/mol. The smallest absolute Gasteiger partial charge is 0.267 e. The lowest BCUT2D eigenvalue weighted by Crippen LogP contribution is -2.31. The Morgan fingerprint density at radius 2 is 2.04 bits per heavy atom. The minimum absolute atomic E-state index is 0.0638. The predicted octanol–water partition coefficient (Wildman–Crippen LogP) is 1.15. The molecule has 3 rings (SSSR count). The Bertz CT molecular complexity index is 948. The number of rotatable bonds is 4. The SMILES string of the molecule is Cc1ccccc1S(=O)(=O)NC(=O)c1sccc1-n1cnnn1. The maximum atomic E-state index is 12.4. The van der Waals surface area contributed by atoms with Crippen LogP contribution in [0.3, 0.4) is 0 Å². The van der Waals surface area contributed by atoms with Gasteiger partial charge in [-0.25, -0.2) is 13.1 Å². The van der Waals surface area contributed by atoms with Crippen molar-refractivity contribution in [1.29, 1.82) is 0 Å². The summed E-state index contributed by atoms with van der Waals surface area (Å²) in [7, 11) is -3.96. The summed E-state index contributed by atoms with van der Waals surface area (Å²) in [5.41, 5.74) is 0.970. The van der Waals surface area contributed by atoms with Gasteiger partial charge in [-0.1, -0.05) is 18.2 Å². The van der Waals surface area contributed by atoms with Gasteiger partial charge in [-0.15, -0.1) is 16.4 Å². The summed E-state index contributed by atoms with van der Waals surface area (Å²) in [6, 6.07) is 8.07. The lowest BCUT2D eigenvalue weighted by atomic mass is 10.2. The maximum Gasteiger partial charge on any atom is 0.277 e. The van der Waals surface area contributed by atoms with E-state index < -0.39 is 15.9 Å². The number of nitrogens with one attached hydrogen (secondary N) is 1. The van der Waals surface area contributed by atoms with Crippen LogP contribution in [0.15, 0.2) is 46.9 Å². The maximum absolute atomic E-state index is 12.4. The summed E-state index contributed by atoms with van der Waals surface area (Å²) in [6.07, 6.45) is 1.33. The van der Waals surface area contributed by atoms with E-state index in [2.05, 4.69) is 20.2 Å². The highest BCUT2D eigenvalue weighted by molar-refractivity contribution is 7.90. The largest absolute Gasteiger partial charge is 0.277 e. The first-order valence-corrected chi connectivity index (χ1v) is 8.79. The lowest BCUT2D eigenvalue weighted by molar-refractivity contribution is 0.0985. The molecule has 0 radical (unpaired) electrons.